The Kier molecular flexibility index (Phi) is 9.66. The number of amides is 1. The molecular formula is C19H31ClIN5O. The fourth-order valence-corrected chi connectivity index (χ4v) is 3.14. The lowest BCUT2D eigenvalue weighted by Gasteiger charge is -2.26. The number of nitrogens with zero attached hydrogens (tertiary/aromatic N) is 2. The van der Waals surface area contributed by atoms with Gasteiger partial charge in [0.2, 0.25) is 5.91 Å². The predicted molar refractivity (Wildman–Crippen MR) is 124 cm³/mol. The number of carbonyl (C=O) groups excluding carboxylic acids is 1. The van der Waals surface area contributed by atoms with Gasteiger partial charge in [-0.2, -0.15) is 0 Å². The molecule has 0 aliphatic carbocycles. The zero-order valence-corrected chi connectivity index (χ0v) is 19.6. The van der Waals surface area contributed by atoms with Crippen molar-refractivity contribution in [2.24, 2.45) is 10.4 Å². The van der Waals surface area contributed by atoms with Gasteiger partial charge in [0.1, 0.15) is 0 Å². The van der Waals surface area contributed by atoms with E-state index in [1.54, 1.807) is 7.05 Å². The number of anilines is 1. The number of halogens is 2. The lowest BCUT2D eigenvalue weighted by molar-refractivity contribution is -0.128. The Morgan fingerprint density at radius 1 is 1.37 bits per heavy atom. The van der Waals surface area contributed by atoms with E-state index in [1.165, 1.54) is 0 Å². The Bertz CT molecular complexity index is 653. The Hall–Kier alpha value is -1.22. The van der Waals surface area contributed by atoms with Gasteiger partial charge in [0.25, 0.3) is 0 Å². The largest absolute Gasteiger partial charge is 0.369 e. The molecular weight excluding hydrogens is 477 g/mol. The summed E-state index contributed by atoms with van der Waals surface area (Å²) in [6, 6.07) is 8.23. The summed E-state index contributed by atoms with van der Waals surface area (Å²) in [7, 11) is 1.75. The zero-order valence-electron chi connectivity index (χ0n) is 16.5. The number of carbonyl (C=O) groups is 1. The standard InChI is InChI=1S/C19H30ClN5O.HI/c1-5-22-17(26)19(2,3)13-23-18(21-4)24-15-9-10-25(12-15)16-8-6-7-14(20)11-16;/h6-8,11,15H,5,9-10,12-13H2,1-4H3,(H,22,26)(H2,21,23,24);1H. The molecule has 3 N–H and O–H groups in total. The van der Waals surface area contributed by atoms with Gasteiger partial charge in [0, 0.05) is 50.0 Å². The summed E-state index contributed by atoms with van der Waals surface area (Å²) in [6.45, 7) is 8.79. The number of nitrogens with one attached hydrogen (secondary N) is 3. The van der Waals surface area contributed by atoms with Crippen LogP contribution in [0.5, 0.6) is 0 Å². The van der Waals surface area contributed by atoms with Crippen molar-refractivity contribution < 1.29 is 4.79 Å². The molecule has 1 atom stereocenters. The highest BCUT2D eigenvalue weighted by atomic mass is 127. The zero-order chi connectivity index (χ0) is 19.2. The first kappa shape index (κ1) is 23.8. The van der Waals surface area contributed by atoms with Crippen molar-refractivity contribution in [3.8, 4) is 0 Å². The minimum Gasteiger partial charge on any atom is -0.369 e. The van der Waals surface area contributed by atoms with Gasteiger partial charge >= 0.3 is 0 Å². The van der Waals surface area contributed by atoms with E-state index >= 15 is 0 Å². The lowest BCUT2D eigenvalue weighted by atomic mass is 9.92. The van der Waals surface area contributed by atoms with Crippen LogP contribution in [0.1, 0.15) is 27.2 Å². The van der Waals surface area contributed by atoms with Crippen molar-refractivity contribution >= 4 is 53.1 Å². The molecule has 1 saturated heterocycles. The van der Waals surface area contributed by atoms with Crippen LogP contribution in [0.3, 0.4) is 0 Å². The summed E-state index contributed by atoms with van der Waals surface area (Å²) >= 11 is 6.09. The van der Waals surface area contributed by atoms with Gasteiger partial charge < -0.3 is 20.9 Å². The normalized spacial score (nSPS) is 17.3. The van der Waals surface area contributed by atoms with Gasteiger partial charge in [0.15, 0.2) is 5.96 Å². The third-order valence-corrected chi connectivity index (χ3v) is 4.81. The van der Waals surface area contributed by atoms with Gasteiger partial charge in [-0.1, -0.05) is 17.7 Å². The highest BCUT2D eigenvalue weighted by Gasteiger charge is 2.28. The summed E-state index contributed by atoms with van der Waals surface area (Å²) < 4.78 is 0. The number of guanidine groups is 1. The number of rotatable bonds is 6. The minimum atomic E-state index is -0.504. The van der Waals surface area contributed by atoms with Crippen LogP contribution in [-0.4, -0.2) is 51.1 Å². The number of hydrogen-bond acceptors (Lipinski definition) is 3. The molecule has 1 fully saturated rings. The minimum absolute atomic E-state index is 0. The third kappa shape index (κ3) is 7.03. The van der Waals surface area contributed by atoms with Gasteiger partial charge in [-0.15, -0.1) is 24.0 Å². The third-order valence-electron chi connectivity index (χ3n) is 4.58. The fourth-order valence-electron chi connectivity index (χ4n) is 2.96. The van der Waals surface area contributed by atoms with Gasteiger partial charge in [-0.3, -0.25) is 9.79 Å². The van der Waals surface area contributed by atoms with Gasteiger partial charge in [-0.25, -0.2) is 0 Å². The van der Waals surface area contributed by atoms with Crippen LogP contribution in [0.15, 0.2) is 29.3 Å². The average molecular weight is 508 g/mol. The molecule has 1 aromatic rings. The van der Waals surface area contributed by atoms with E-state index in [1.807, 2.05) is 39.0 Å². The highest BCUT2D eigenvalue weighted by molar-refractivity contribution is 14.0. The van der Waals surface area contributed by atoms with Crippen LogP contribution in [0.25, 0.3) is 0 Å². The summed E-state index contributed by atoms with van der Waals surface area (Å²) in [6.07, 6.45) is 1.02. The summed E-state index contributed by atoms with van der Waals surface area (Å²) in [5.74, 6) is 0.760. The van der Waals surface area contributed by atoms with Crippen LogP contribution in [0, 0.1) is 5.41 Å². The topological polar surface area (TPSA) is 68.8 Å². The molecule has 2 rings (SSSR count). The van der Waals surface area contributed by atoms with E-state index < -0.39 is 5.41 Å². The van der Waals surface area contributed by atoms with Crippen LogP contribution in [0.4, 0.5) is 5.69 Å². The average Bonchev–Trinajstić information content (AvgIpc) is 3.07. The van der Waals surface area contributed by atoms with Crippen molar-refractivity contribution in [1.82, 2.24) is 16.0 Å². The number of hydrogen-bond donors (Lipinski definition) is 3. The van der Waals surface area contributed by atoms with Gasteiger partial charge in [0.05, 0.1) is 5.41 Å². The first-order valence-corrected chi connectivity index (χ1v) is 9.49. The summed E-state index contributed by atoms with van der Waals surface area (Å²) in [4.78, 5) is 18.7. The molecule has 27 heavy (non-hydrogen) atoms. The number of benzene rings is 1. The second-order valence-electron chi connectivity index (χ2n) is 7.22. The maximum absolute atomic E-state index is 12.1. The molecule has 1 heterocycles. The van der Waals surface area contributed by atoms with E-state index in [0.29, 0.717) is 19.1 Å². The molecule has 1 aromatic carbocycles. The highest BCUT2D eigenvalue weighted by Crippen LogP contribution is 2.23. The fraction of sp³-hybridized carbons (Fsp3) is 0.579. The number of aliphatic imine (C=N–C) groups is 1. The molecule has 0 aromatic heterocycles. The van der Waals surface area contributed by atoms with E-state index in [-0.39, 0.29) is 29.9 Å². The Morgan fingerprint density at radius 3 is 2.74 bits per heavy atom. The lowest BCUT2D eigenvalue weighted by Crippen LogP contribution is -2.50. The monoisotopic (exact) mass is 507 g/mol. The first-order chi connectivity index (χ1) is 12.4. The molecule has 1 unspecified atom stereocenters. The van der Waals surface area contributed by atoms with Crippen LogP contribution in [-0.2, 0) is 4.79 Å². The van der Waals surface area contributed by atoms with E-state index in [9.17, 15) is 4.79 Å². The SMILES string of the molecule is CCNC(=O)C(C)(C)CNC(=NC)NC1CCN(c2cccc(Cl)c2)C1.I. The maximum Gasteiger partial charge on any atom is 0.227 e. The summed E-state index contributed by atoms with van der Waals surface area (Å²) in [5, 5.41) is 10.4. The molecule has 0 saturated carbocycles. The van der Waals surface area contributed by atoms with Crippen LogP contribution >= 0.6 is 35.6 Å². The van der Waals surface area contributed by atoms with Crippen molar-refractivity contribution in [3.63, 3.8) is 0 Å². The quantitative estimate of drug-likeness (QED) is 0.315. The van der Waals surface area contributed by atoms with Crippen LogP contribution in [0.2, 0.25) is 5.02 Å². The maximum atomic E-state index is 12.1. The smallest absolute Gasteiger partial charge is 0.227 e. The summed E-state index contributed by atoms with van der Waals surface area (Å²) in [5.41, 5.74) is 0.637. The Balaban J connectivity index is 0.00000364. The predicted octanol–water partition coefficient (Wildman–Crippen LogP) is 2.86. The Labute approximate surface area is 184 Å². The van der Waals surface area contributed by atoms with Crippen molar-refractivity contribution in [2.75, 3.05) is 38.1 Å². The molecule has 1 amide bonds. The molecule has 0 bridgehead atoms. The molecule has 1 aliphatic rings. The van der Waals surface area contributed by atoms with E-state index in [4.69, 9.17) is 11.6 Å². The molecule has 1 aliphatic heterocycles. The molecule has 6 nitrogen and oxygen atoms in total. The molecule has 152 valence electrons. The van der Waals surface area contributed by atoms with Crippen molar-refractivity contribution in [1.29, 1.82) is 0 Å². The molecule has 0 spiro atoms. The van der Waals surface area contributed by atoms with Gasteiger partial charge in [-0.05, 0) is 45.4 Å². The first-order valence-electron chi connectivity index (χ1n) is 9.11. The van der Waals surface area contributed by atoms with E-state index in [2.05, 4.69) is 31.9 Å². The second-order valence-corrected chi connectivity index (χ2v) is 7.66. The second kappa shape index (κ2) is 10.9. The van der Waals surface area contributed by atoms with Crippen LogP contribution < -0.4 is 20.9 Å². The Morgan fingerprint density at radius 2 is 2.11 bits per heavy atom. The molecule has 8 heteroatoms. The van der Waals surface area contributed by atoms with E-state index in [0.717, 1.165) is 36.2 Å². The van der Waals surface area contributed by atoms with Crippen molar-refractivity contribution in [2.45, 2.75) is 33.2 Å². The van der Waals surface area contributed by atoms with Crippen molar-refractivity contribution in [3.05, 3.63) is 29.3 Å². The molecule has 0 radical (unpaired) electrons.